The molecule has 0 aromatic carbocycles. The summed E-state index contributed by atoms with van der Waals surface area (Å²) in [5.41, 5.74) is 1.10. The average molecular weight is 296 g/mol. The van der Waals surface area contributed by atoms with Crippen molar-refractivity contribution in [2.45, 2.75) is 38.5 Å². The molecule has 1 aliphatic rings. The van der Waals surface area contributed by atoms with Gasteiger partial charge in [-0.3, -0.25) is 4.68 Å². The van der Waals surface area contributed by atoms with E-state index in [-0.39, 0.29) is 12.1 Å². The van der Waals surface area contributed by atoms with Crippen molar-refractivity contribution in [3.63, 3.8) is 0 Å². The Morgan fingerprint density at radius 3 is 2.95 bits per heavy atom. The number of likely N-dealkylation sites (N-methyl/N-ethyl adjacent to an activating group) is 2. The summed E-state index contributed by atoms with van der Waals surface area (Å²) in [6.07, 6.45) is 4.22. The Kier molecular flexibility index (Phi) is 6.02. The number of methoxy groups -OCH3 is 1. The van der Waals surface area contributed by atoms with E-state index in [0.29, 0.717) is 0 Å². The summed E-state index contributed by atoms with van der Waals surface area (Å²) in [7, 11) is 5.85. The summed E-state index contributed by atoms with van der Waals surface area (Å²) in [4.78, 5) is 2.16. The molecule has 2 atom stereocenters. The molecule has 6 nitrogen and oxygen atoms in total. The highest BCUT2D eigenvalue weighted by molar-refractivity contribution is 5.29. The van der Waals surface area contributed by atoms with Gasteiger partial charge in [0.15, 0.2) is 5.75 Å². The number of rotatable bonds is 8. The molecule has 2 heterocycles. The van der Waals surface area contributed by atoms with E-state index in [2.05, 4.69) is 36.3 Å². The van der Waals surface area contributed by atoms with Crippen LogP contribution in [0.3, 0.4) is 0 Å². The lowest BCUT2D eigenvalue weighted by Crippen LogP contribution is -2.34. The monoisotopic (exact) mass is 296 g/mol. The molecule has 1 saturated heterocycles. The molecule has 1 aromatic rings. The van der Waals surface area contributed by atoms with Crippen LogP contribution in [0, 0.1) is 0 Å². The van der Waals surface area contributed by atoms with Crippen molar-refractivity contribution in [2.75, 3.05) is 40.9 Å². The Hall–Kier alpha value is -1.11. The molecular formula is C15H28N4O2. The lowest BCUT2D eigenvalue weighted by Gasteiger charge is -2.26. The number of nitrogens with one attached hydrogen (secondary N) is 1. The first-order valence-corrected chi connectivity index (χ1v) is 7.76. The maximum absolute atomic E-state index is 5.90. The van der Waals surface area contributed by atoms with E-state index in [1.54, 1.807) is 7.11 Å². The predicted octanol–water partition coefficient (Wildman–Crippen LogP) is 1.28. The van der Waals surface area contributed by atoms with Crippen LogP contribution in [0.4, 0.5) is 0 Å². The van der Waals surface area contributed by atoms with Crippen LogP contribution in [0.25, 0.3) is 0 Å². The zero-order chi connectivity index (χ0) is 15.2. The quantitative estimate of drug-likeness (QED) is 0.783. The molecule has 0 aliphatic carbocycles. The molecule has 2 unspecified atom stereocenters. The Bertz CT molecular complexity index is 427. The normalized spacial score (nSPS) is 20.1. The van der Waals surface area contributed by atoms with E-state index in [0.717, 1.165) is 50.5 Å². The van der Waals surface area contributed by atoms with Gasteiger partial charge in [0.1, 0.15) is 0 Å². The molecule has 1 aliphatic heterocycles. The molecule has 1 fully saturated rings. The highest BCUT2D eigenvalue weighted by Crippen LogP contribution is 2.32. The summed E-state index contributed by atoms with van der Waals surface area (Å²) in [6, 6.07) is 0.136. The molecular weight excluding hydrogens is 268 g/mol. The molecule has 120 valence electrons. The minimum Gasteiger partial charge on any atom is -0.493 e. The van der Waals surface area contributed by atoms with Crippen LogP contribution in [0.5, 0.6) is 5.75 Å². The van der Waals surface area contributed by atoms with E-state index in [1.165, 1.54) is 0 Å². The molecule has 0 saturated carbocycles. The van der Waals surface area contributed by atoms with Crippen molar-refractivity contribution < 1.29 is 9.47 Å². The van der Waals surface area contributed by atoms with Crippen LogP contribution >= 0.6 is 0 Å². The first-order chi connectivity index (χ1) is 10.2. The number of hydrogen-bond donors (Lipinski definition) is 1. The first-order valence-electron chi connectivity index (χ1n) is 7.76. The smallest absolute Gasteiger partial charge is 0.161 e. The molecule has 21 heavy (non-hydrogen) atoms. The van der Waals surface area contributed by atoms with Gasteiger partial charge < -0.3 is 19.7 Å². The van der Waals surface area contributed by atoms with Crippen molar-refractivity contribution in [3.8, 4) is 5.75 Å². The van der Waals surface area contributed by atoms with Gasteiger partial charge in [-0.05, 0) is 33.5 Å². The lowest BCUT2D eigenvalue weighted by molar-refractivity contribution is 0.0749. The fourth-order valence-corrected chi connectivity index (χ4v) is 2.81. The molecule has 0 bridgehead atoms. The summed E-state index contributed by atoms with van der Waals surface area (Å²) in [6.45, 7) is 5.66. The number of aromatic nitrogens is 2. The predicted molar refractivity (Wildman–Crippen MR) is 82.7 cm³/mol. The zero-order valence-corrected chi connectivity index (χ0v) is 13.6. The van der Waals surface area contributed by atoms with E-state index >= 15 is 0 Å². The molecule has 1 N–H and O–H groups in total. The minimum atomic E-state index is 0.136. The van der Waals surface area contributed by atoms with Crippen molar-refractivity contribution in [1.82, 2.24) is 20.0 Å². The lowest BCUT2D eigenvalue weighted by atomic mass is 10.0. The fourth-order valence-electron chi connectivity index (χ4n) is 2.81. The van der Waals surface area contributed by atoms with Gasteiger partial charge in [-0.25, -0.2) is 0 Å². The van der Waals surface area contributed by atoms with E-state index in [1.807, 2.05) is 10.9 Å². The largest absolute Gasteiger partial charge is 0.493 e. The molecule has 6 heteroatoms. The SMILES string of the molecule is CCNC(c1c(OC)cnn1CCN(C)C)C1CCCO1. The van der Waals surface area contributed by atoms with Crippen molar-refractivity contribution in [3.05, 3.63) is 11.9 Å². The van der Waals surface area contributed by atoms with Gasteiger partial charge in [0.2, 0.25) is 0 Å². The Morgan fingerprint density at radius 1 is 1.57 bits per heavy atom. The third-order valence-electron chi connectivity index (χ3n) is 3.88. The van der Waals surface area contributed by atoms with Gasteiger partial charge in [-0.15, -0.1) is 0 Å². The number of ether oxygens (including phenoxy) is 2. The molecule has 0 amide bonds. The van der Waals surface area contributed by atoms with E-state index in [4.69, 9.17) is 9.47 Å². The van der Waals surface area contributed by atoms with Crippen LogP contribution in [0.2, 0.25) is 0 Å². The topological polar surface area (TPSA) is 51.5 Å². The zero-order valence-electron chi connectivity index (χ0n) is 13.6. The van der Waals surface area contributed by atoms with Gasteiger partial charge >= 0.3 is 0 Å². The highest BCUT2D eigenvalue weighted by Gasteiger charge is 2.31. The van der Waals surface area contributed by atoms with Gasteiger partial charge in [0, 0.05) is 13.2 Å². The fraction of sp³-hybridized carbons (Fsp3) is 0.800. The maximum Gasteiger partial charge on any atom is 0.161 e. The van der Waals surface area contributed by atoms with E-state index in [9.17, 15) is 0 Å². The number of hydrogen-bond acceptors (Lipinski definition) is 5. The molecule has 0 radical (unpaired) electrons. The summed E-state index contributed by atoms with van der Waals surface area (Å²) in [5, 5.41) is 8.05. The molecule has 0 spiro atoms. The van der Waals surface area contributed by atoms with E-state index < -0.39 is 0 Å². The highest BCUT2D eigenvalue weighted by atomic mass is 16.5. The van der Waals surface area contributed by atoms with Gasteiger partial charge in [-0.2, -0.15) is 5.10 Å². The van der Waals surface area contributed by atoms with Crippen molar-refractivity contribution in [2.24, 2.45) is 0 Å². The average Bonchev–Trinajstić information content (AvgIpc) is 3.11. The second-order valence-corrected chi connectivity index (χ2v) is 5.71. The third-order valence-corrected chi connectivity index (χ3v) is 3.88. The summed E-state index contributed by atoms with van der Waals surface area (Å²) < 4.78 is 13.5. The van der Waals surface area contributed by atoms with Crippen LogP contribution in [0.15, 0.2) is 6.20 Å². The summed E-state index contributed by atoms with van der Waals surface area (Å²) in [5.74, 6) is 0.843. The Morgan fingerprint density at radius 2 is 2.38 bits per heavy atom. The first kappa shape index (κ1) is 16.3. The van der Waals surface area contributed by atoms with Gasteiger partial charge in [-0.1, -0.05) is 6.92 Å². The maximum atomic E-state index is 5.90. The second-order valence-electron chi connectivity index (χ2n) is 5.71. The van der Waals surface area contributed by atoms with Crippen LogP contribution in [-0.2, 0) is 11.3 Å². The van der Waals surface area contributed by atoms with Crippen LogP contribution in [0.1, 0.15) is 31.5 Å². The van der Waals surface area contributed by atoms with Crippen LogP contribution in [-0.4, -0.2) is 61.7 Å². The van der Waals surface area contributed by atoms with Gasteiger partial charge in [0.25, 0.3) is 0 Å². The molecule has 2 rings (SSSR count). The van der Waals surface area contributed by atoms with Crippen molar-refractivity contribution >= 4 is 0 Å². The van der Waals surface area contributed by atoms with Crippen LogP contribution < -0.4 is 10.1 Å². The Labute approximate surface area is 127 Å². The standard InChI is InChI=1S/C15H28N4O2/c1-5-16-14(12-7-6-10-21-12)15-13(20-4)11-17-19(15)9-8-18(2)3/h11-12,14,16H,5-10H2,1-4H3. The second kappa shape index (κ2) is 7.77. The minimum absolute atomic E-state index is 0.136. The third kappa shape index (κ3) is 3.96. The number of nitrogens with zero attached hydrogens (tertiary/aromatic N) is 3. The Balaban J connectivity index is 2.25. The molecule has 1 aromatic heterocycles. The summed E-state index contributed by atoms with van der Waals surface area (Å²) >= 11 is 0. The van der Waals surface area contributed by atoms with Crippen molar-refractivity contribution in [1.29, 1.82) is 0 Å². The van der Waals surface area contributed by atoms with Gasteiger partial charge in [0.05, 0.1) is 37.7 Å².